The first-order valence-corrected chi connectivity index (χ1v) is 10.0. The first-order valence-electron chi connectivity index (χ1n) is 8.40. The van der Waals surface area contributed by atoms with Crippen LogP contribution in [0.5, 0.6) is 0 Å². The first kappa shape index (κ1) is 18.8. The maximum Gasteiger partial charge on any atom is 0.509 e. The van der Waals surface area contributed by atoms with Gasteiger partial charge in [0, 0.05) is 0 Å². The molecular formula is C15H21F3O6S. The Hall–Kier alpha value is -1.03. The van der Waals surface area contributed by atoms with Gasteiger partial charge in [0.25, 0.3) is 10.1 Å². The summed E-state index contributed by atoms with van der Waals surface area (Å²) in [6.45, 7) is 0. The van der Waals surface area contributed by atoms with Crippen molar-refractivity contribution in [3.63, 3.8) is 0 Å². The van der Waals surface area contributed by atoms with E-state index < -0.39 is 40.4 Å². The van der Waals surface area contributed by atoms with Crippen LogP contribution in [0.3, 0.4) is 0 Å². The Labute approximate surface area is 143 Å². The molecule has 25 heavy (non-hydrogen) atoms. The topological polar surface area (TPSA) is 89.9 Å². The standard InChI is InChI=1S/C15H21F3O6S/c16-15(17,18)13(7-25(20,21)22)24-14(19)23-12-6-9-3-8-1-2-11(12)10(4-8)5-9/h8-13H,1-7H2,(H,20,21,22). The molecule has 0 aromatic carbocycles. The van der Waals surface area contributed by atoms with Gasteiger partial charge in [-0.1, -0.05) is 6.42 Å². The molecule has 0 amide bonds. The predicted octanol–water partition coefficient (Wildman–Crippen LogP) is 3.17. The maximum atomic E-state index is 12.8. The minimum Gasteiger partial charge on any atom is -0.431 e. The summed E-state index contributed by atoms with van der Waals surface area (Å²) in [5, 5.41) is 0. The Morgan fingerprint density at radius 1 is 1.12 bits per heavy atom. The van der Waals surface area contributed by atoms with Crippen LogP contribution < -0.4 is 0 Å². The van der Waals surface area contributed by atoms with Crippen LogP contribution >= 0.6 is 0 Å². The second-order valence-electron chi connectivity index (χ2n) is 7.48. The highest BCUT2D eigenvalue weighted by molar-refractivity contribution is 7.85. The highest BCUT2D eigenvalue weighted by atomic mass is 32.2. The van der Waals surface area contributed by atoms with E-state index in [1.54, 1.807) is 0 Å². The Balaban J connectivity index is 1.63. The highest BCUT2D eigenvalue weighted by Gasteiger charge is 2.49. The Bertz CT molecular complexity index is 613. The number of carbonyl (C=O) groups excluding carboxylic acids is 1. The monoisotopic (exact) mass is 386 g/mol. The van der Waals surface area contributed by atoms with Gasteiger partial charge in [0.05, 0.1) is 0 Å². The van der Waals surface area contributed by atoms with Crippen molar-refractivity contribution in [2.24, 2.45) is 23.7 Å². The minimum atomic E-state index is -5.12. The second kappa shape index (κ2) is 6.61. The molecule has 0 saturated heterocycles. The number of carbonyl (C=O) groups is 1. The number of ether oxygens (including phenoxy) is 2. The van der Waals surface area contributed by atoms with Crippen molar-refractivity contribution in [3.05, 3.63) is 0 Å². The summed E-state index contributed by atoms with van der Waals surface area (Å²) in [6.07, 6.45) is -4.34. The summed E-state index contributed by atoms with van der Waals surface area (Å²) in [4.78, 5) is 11.8. The van der Waals surface area contributed by atoms with E-state index in [2.05, 4.69) is 4.74 Å². The lowest BCUT2D eigenvalue weighted by molar-refractivity contribution is -0.205. The number of rotatable bonds is 4. The fourth-order valence-electron chi connectivity index (χ4n) is 4.84. The molecule has 3 rings (SSSR count). The zero-order chi connectivity index (χ0) is 18.4. The number of hydrogen-bond acceptors (Lipinski definition) is 5. The van der Waals surface area contributed by atoms with Crippen LogP contribution in [0.4, 0.5) is 18.0 Å². The third-order valence-corrected chi connectivity index (χ3v) is 6.43. The van der Waals surface area contributed by atoms with E-state index in [4.69, 9.17) is 9.29 Å². The van der Waals surface area contributed by atoms with Crippen LogP contribution in [0.1, 0.15) is 38.5 Å². The third kappa shape index (κ3) is 4.58. The zero-order valence-electron chi connectivity index (χ0n) is 13.4. The molecule has 6 unspecified atom stereocenters. The van der Waals surface area contributed by atoms with E-state index in [0.717, 1.165) is 32.1 Å². The van der Waals surface area contributed by atoms with Gasteiger partial charge in [-0.05, 0) is 55.8 Å². The SMILES string of the molecule is O=C(OC1CC2CC3CCC1C(C3)C2)OC(CS(=O)(=O)O)C(F)(F)F. The molecule has 6 nitrogen and oxygen atoms in total. The number of halogens is 3. The predicted molar refractivity (Wildman–Crippen MR) is 79.3 cm³/mol. The van der Waals surface area contributed by atoms with E-state index in [-0.39, 0.29) is 5.92 Å². The van der Waals surface area contributed by atoms with Gasteiger partial charge in [-0.15, -0.1) is 0 Å². The van der Waals surface area contributed by atoms with Crippen molar-refractivity contribution < 1.29 is 40.4 Å². The molecule has 0 aliphatic heterocycles. The Morgan fingerprint density at radius 3 is 2.44 bits per heavy atom. The summed E-state index contributed by atoms with van der Waals surface area (Å²) < 4.78 is 77.9. The first-order chi connectivity index (χ1) is 11.5. The molecule has 3 bridgehead atoms. The summed E-state index contributed by atoms with van der Waals surface area (Å²) in [7, 11) is -4.96. The van der Waals surface area contributed by atoms with Crippen molar-refractivity contribution in [1.82, 2.24) is 0 Å². The van der Waals surface area contributed by atoms with E-state index >= 15 is 0 Å². The van der Waals surface area contributed by atoms with Crippen molar-refractivity contribution in [2.45, 2.75) is 56.9 Å². The molecule has 3 aliphatic rings. The summed E-state index contributed by atoms with van der Waals surface area (Å²) in [6, 6.07) is 0. The van der Waals surface area contributed by atoms with Gasteiger partial charge in [-0.2, -0.15) is 21.6 Å². The Morgan fingerprint density at radius 2 is 1.80 bits per heavy atom. The van der Waals surface area contributed by atoms with Gasteiger partial charge in [-0.25, -0.2) is 4.79 Å². The molecule has 0 spiro atoms. The fraction of sp³-hybridized carbons (Fsp3) is 0.933. The molecule has 6 atom stereocenters. The Kier molecular flexibility index (Phi) is 4.95. The van der Waals surface area contributed by atoms with Gasteiger partial charge in [-0.3, -0.25) is 4.55 Å². The normalized spacial score (nSPS) is 35.9. The third-order valence-electron chi connectivity index (χ3n) is 5.71. The van der Waals surface area contributed by atoms with Crippen LogP contribution in [0.15, 0.2) is 0 Å². The molecule has 3 saturated carbocycles. The molecule has 1 N–H and O–H groups in total. The highest BCUT2D eigenvalue weighted by Crippen LogP contribution is 2.53. The molecule has 10 heteroatoms. The summed E-state index contributed by atoms with van der Waals surface area (Å²) in [5.41, 5.74) is 0. The number of alkyl halides is 3. The largest absolute Gasteiger partial charge is 0.509 e. The van der Waals surface area contributed by atoms with E-state index in [1.165, 1.54) is 0 Å². The summed E-state index contributed by atoms with van der Waals surface area (Å²) in [5.74, 6) is -0.0646. The smallest absolute Gasteiger partial charge is 0.431 e. The van der Waals surface area contributed by atoms with Crippen molar-refractivity contribution >= 4 is 16.3 Å². The van der Waals surface area contributed by atoms with Crippen molar-refractivity contribution in [3.8, 4) is 0 Å². The van der Waals surface area contributed by atoms with Crippen molar-refractivity contribution in [2.75, 3.05) is 5.75 Å². The number of hydrogen-bond donors (Lipinski definition) is 1. The molecule has 0 aromatic rings. The molecule has 0 heterocycles. The van der Waals surface area contributed by atoms with E-state index in [9.17, 15) is 26.4 Å². The van der Waals surface area contributed by atoms with Crippen molar-refractivity contribution in [1.29, 1.82) is 0 Å². The molecule has 3 fully saturated rings. The minimum absolute atomic E-state index is 0.131. The molecule has 0 aromatic heterocycles. The second-order valence-corrected chi connectivity index (χ2v) is 8.98. The van der Waals surface area contributed by atoms with Gasteiger partial charge < -0.3 is 9.47 Å². The molecule has 144 valence electrons. The molecular weight excluding hydrogens is 365 g/mol. The van der Waals surface area contributed by atoms with Crippen LogP contribution in [-0.4, -0.2) is 43.3 Å². The molecule has 0 radical (unpaired) electrons. The van der Waals surface area contributed by atoms with Gasteiger partial charge in [0.1, 0.15) is 11.9 Å². The average molecular weight is 386 g/mol. The van der Waals surface area contributed by atoms with Crippen LogP contribution in [0, 0.1) is 23.7 Å². The van der Waals surface area contributed by atoms with Crippen LogP contribution in [0.25, 0.3) is 0 Å². The quantitative estimate of drug-likeness (QED) is 0.590. The van der Waals surface area contributed by atoms with E-state index in [1.807, 2.05) is 0 Å². The lowest BCUT2D eigenvalue weighted by Crippen LogP contribution is -2.47. The van der Waals surface area contributed by atoms with E-state index in [0.29, 0.717) is 24.2 Å². The average Bonchev–Trinajstić information content (AvgIpc) is 2.42. The van der Waals surface area contributed by atoms with Gasteiger partial charge in [0.2, 0.25) is 6.10 Å². The van der Waals surface area contributed by atoms with Crippen LogP contribution in [-0.2, 0) is 19.6 Å². The lowest BCUT2D eigenvalue weighted by atomic mass is 9.56. The fourth-order valence-corrected chi connectivity index (χ4v) is 5.48. The van der Waals surface area contributed by atoms with Gasteiger partial charge >= 0.3 is 12.3 Å². The van der Waals surface area contributed by atoms with Crippen LogP contribution in [0.2, 0.25) is 0 Å². The number of fused-ring (bicyclic) bond motifs is 2. The zero-order valence-corrected chi connectivity index (χ0v) is 14.3. The van der Waals surface area contributed by atoms with Gasteiger partial charge in [0.15, 0.2) is 0 Å². The molecule has 3 aliphatic carbocycles. The lowest BCUT2D eigenvalue weighted by Gasteiger charge is -2.51. The summed E-state index contributed by atoms with van der Waals surface area (Å²) >= 11 is 0. The maximum absolute atomic E-state index is 12.8.